The predicted octanol–water partition coefficient (Wildman–Crippen LogP) is 2.55. The highest BCUT2D eigenvalue weighted by molar-refractivity contribution is 6.09. The molecule has 3 amide bonds. The summed E-state index contributed by atoms with van der Waals surface area (Å²) in [6, 6.07) is 14.9. The van der Waals surface area contributed by atoms with Crippen LogP contribution in [0, 0.1) is 5.92 Å². The average Bonchev–Trinajstić information content (AvgIpc) is 2.78. The van der Waals surface area contributed by atoms with Crippen molar-refractivity contribution < 1.29 is 19.1 Å². The summed E-state index contributed by atoms with van der Waals surface area (Å²) in [5.41, 5.74) is 1.20. The molecular formula is C23H27N3O4. The second-order valence-corrected chi connectivity index (χ2v) is 7.50. The van der Waals surface area contributed by atoms with Crippen LogP contribution in [0.4, 0.5) is 5.69 Å². The molecule has 2 aromatic rings. The van der Waals surface area contributed by atoms with Gasteiger partial charge in [0.1, 0.15) is 6.04 Å². The molecule has 2 aromatic carbocycles. The lowest BCUT2D eigenvalue weighted by molar-refractivity contribution is -0.138. The van der Waals surface area contributed by atoms with Crippen molar-refractivity contribution >= 4 is 23.4 Å². The van der Waals surface area contributed by atoms with Gasteiger partial charge >= 0.3 is 0 Å². The maximum absolute atomic E-state index is 13.0. The van der Waals surface area contributed by atoms with E-state index in [2.05, 4.69) is 10.6 Å². The zero-order valence-corrected chi connectivity index (χ0v) is 17.3. The number of ether oxygens (including phenoxy) is 1. The maximum atomic E-state index is 13.0. The van der Waals surface area contributed by atoms with E-state index in [0.29, 0.717) is 43.1 Å². The summed E-state index contributed by atoms with van der Waals surface area (Å²) in [7, 11) is 0. The number of rotatable bonds is 6. The monoisotopic (exact) mass is 409 g/mol. The van der Waals surface area contributed by atoms with Crippen LogP contribution in [0.3, 0.4) is 0 Å². The third-order valence-electron chi connectivity index (χ3n) is 5.00. The van der Waals surface area contributed by atoms with Gasteiger partial charge < -0.3 is 20.3 Å². The Kier molecular flexibility index (Phi) is 7.19. The van der Waals surface area contributed by atoms with E-state index in [9.17, 15) is 14.4 Å². The van der Waals surface area contributed by atoms with Gasteiger partial charge in [-0.15, -0.1) is 0 Å². The Balaban J connectivity index is 1.75. The van der Waals surface area contributed by atoms with Crippen LogP contribution in [0.5, 0.6) is 0 Å². The second kappa shape index (κ2) is 10.0. The van der Waals surface area contributed by atoms with E-state index in [0.717, 1.165) is 0 Å². The van der Waals surface area contributed by atoms with E-state index in [1.807, 2.05) is 19.9 Å². The number of carbonyl (C=O) groups excluding carboxylic acids is 3. The third kappa shape index (κ3) is 5.24. The summed E-state index contributed by atoms with van der Waals surface area (Å²) >= 11 is 0. The molecule has 1 aliphatic heterocycles. The minimum Gasteiger partial charge on any atom is -0.378 e. The molecule has 0 aliphatic carbocycles. The molecule has 1 heterocycles. The largest absolute Gasteiger partial charge is 0.378 e. The fraction of sp³-hybridized carbons (Fsp3) is 0.348. The molecule has 0 aromatic heterocycles. The van der Waals surface area contributed by atoms with Gasteiger partial charge in [0.15, 0.2) is 0 Å². The highest BCUT2D eigenvalue weighted by Gasteiger charge is 2.30. The normalized spacial score (nSPS) is 14.8. The summed E-state index contributed by atoms with van der Waals surface area (Å²) in [5.74, 6) is -0.914. The molecule has 30 heavy (non-hydrogen) atoms. The van der Waals surface area contributed by atoms with Gasteiger partial charge in [-0.05, 0) is 30.2 Å². The predicted molar refractivity (Wildman–Crippen MR) is 114 cm³/mol. The number of nitrogens with one attached hydrogen (secondary N) is 2. The Morgan fingerprint density at radius 3 is 2.20 bits per heavy atom. The van der Waals surface area contributed by atoms with Crippen LogP contribution >= 0.6 is 0 Å². The van der Waals surface area contributed by atoms with Gasteiger partial charge in [-0.25, -0.2) is 0 Å². The third-order valence-corrected chi connectivity index (χ3v) is 5.00. The van der Waals surface area contributed by atoms with Crippen LogP contribution in [0.1, 0.15) is 34.6 Å². The first-order chi connectivity index (χ1) is 14.5. The summed E-state index contributed by atoms with van der Waals surface area (Å²) in [4.78, 5) is 40.2. The lowest BCUT2D eigenvalue weighted by atomic mass is 10.0. The Hall–Kier alpha value is -3.19. The van der Waals surface area contributed by atoms with E-state index in [-0.39, 0.29) is 17.7 Å². The zero-order chi connectivity index (χ0) is 21.5. The van der Waals surface area contributed by atoms with Crippen LogP contribution in [0.15, 0.2) is 54.6 Å². The lowest BCUT2D eigenvalue weighted by Crippen LogP contribution is -2.53. The summed E-state index contributed by atoms with van der Waals surface area (Å²) < 4.78 is 5.31. The zero-order valence-electron chi connectivity index (χ0n) is 17.3. The molecule has 3 rings (SSSR count). The number of nitrogens with zero attached hydrogens (tertiary/aromatic N) is 1. The molecule has 1 atom stereocenters. The van der Waals surface area contributed by atoms with Crippen molar-refractivity contribution in [2.24, 2.45) is 5.92 Å². The van der Waals surface area contributed by atoms with Crippen molar-refractivity contribution in [2.45, 2.75) is 19.9 Å². The fourth-order valence-electron chi connectivity index (χ4n) is 3.29. The molecular weight excluding hydrogens is 382 g/mol. The molecule has 7 nitrogen and oxygen atoms in total. The molecule has 0 bridgehead atoms. The van der Waals surface area contributed by atoms with Crippen LogP contribution < -0.4 is 10.6 Å². The number of para-hydroxylation sites is 1. The average molecular weight is 409 g/mol. The molecule has 0 saturated carbocycles. The smallest absolute Gasteiger partial charge is 0.255 e. The van der Waals surface area contributed by atoms with Crippen LogP contribution in [-0.4, -0.2) is 55.0 Å². The highest BCUT2D eigenvalue weighted by Crippen LogP contribution is 2.18. The van der Waals surface area contributed by atoms with Crippen molar-refractivity contribution in [2.75, 3.05) is 31.6 Å². The minimum absolute atomic E-state index is 0.0876. The van der Waals surface area contributed by atoms with E-state index in [4.69, 9.17) is 4.74 Å². The van der Waals surface area contributed by atoms with Gasteiger partial charge in [-0.3, -0.25) is 14.4 Å². The van der Waals surface area contributed by atoms with E-state index < -0.39 is 11.9 Å². The van der Waals surface area contributed by atoms with Crippen LogP contribution in [0.25, 0.3) is 0 Å². The number of hydrogen-bond donors (Lipinski definition) is 2. The van der Waals surface area contributed by atoms with Gasteiger partial charge in [-0.2, -0.15) is 0 Å². The fourth-order valence-corrected chi connectivity index (χ4v) is 3.29. The molecule has 2 N–H and O–H groups in total. The van der Waals surface area contributed by atoms with Crippen LogP contribution in [-0.2, 0) is 9.53 Å². The number of carbonyl (C=O) groups is 3. The van der Waals surface area contributed by atoms with Gasteiger partial charge in [0.05, 0.1) is 24.5 Å². The SMILES string of the molecule is CC(C)[C@H](NC(=O)c1ccccc1NC(=O)c1ccccc1)C(=O)N1CCOCC1. The molecule has 0 radical (unpaired) electrons. The molecule has 1 saturated heterocycles. The Morgan fingerprint density at radius 2 is 1.53 bits per heavy atom. The summed E-state index contributed by atoms with van der Waals surface area (Å²) in [6.07, 6.45) is 0. The molecule has 7 heteroatoms. The Morgan fingerprint density at radius 1 is 0.900 bits per heavy atom. The van der Waals surface area contributed by atoms with Gasteiger partial charge in [0, 0.05) is 18.7 Å². The van der Waals surface area contributed by atoms with Crippen molar-refractivity contribution in [1.29, 1.82) is 0 Å². The number of morpholine rings is 1. The molecule has 0 unspecified atom stereocenters. The molecule has 1 fully saturated rings. The van der Waals surface area contributed by atoms with Gasteiger partial charge in [-0.1, -0.05) is 44.2 Å². The van der Waals surface area contributed by atoms with Crippen molar-refractivity contribution in [3.05, 3.63) is 65.7 Å². The van der Waals surface area contributed by atoms with Gasteiger partial charge in [0.25, 0.3) is 11.8 Å². The van der Waals surface area contributed by atoms with E-state index >= 15 is 0 Å². The van der Waals surface area contributed by atoms with E-state index in [1.54, 1.807) is 53.4 Å². The minimum atomic E-state index is -0.659. The topological polar surface area (TPSA) is 87.7 Å². The van der Waals surface area contributed by atoms with Crippen molar-refractivity contribution in [3.63, 3.8) is 0 Å². The first kappa shape index (κ1) is 21.5. The summed E-state index contributed by atoms with van der Waals surface area (Å²) in [5, 5.41) is 5.65. The molecule has 158 valence electrons. The van der Waals surface area contributed by atoms with Crippen LogP contribution in [0.2, 0.25) is 0 Å². The first-order valence-electron chi connectivity index (χ1n) is 10.1. The number of benzene rings is 2. The second-order valence-electron chi connectivity index (χ2n) is 7.50. The first-order valence-corrected chi connectivity index (χ1v) is 10.1. The Bertz CT molecular complexity index is 892. The number of anilines is 1. The summed E-state index contributed by atoms with van der Waals surface area (Å²) in [6.45, 7) is 5.82. The lowest BCUT2D eigenvalue weighted by Gasteiger charge is -2.32. The Labute approximate surface area is 176 Å². The van der Waals surface area contributed by atoms with Crippen molar-refractivity contribution in [3.8, 4) is 0 Å². The quantitative estimate of drug-likeness (QED) is 0.768. The maximum Gasteiger partial charge on any atom is 0.255 e. The number of amides is 3. The van der Waals surface area contributed by atoms with Crippen molar-refractivity contribution in [1.82, 2.24) is 10.2 Å². The number of hydrogen-bond acceptors (Lipinski definition) is 4. The van der Waals surface area contributed by atoms with E-state index in [1.165, 1.54) is 0 Å². The highest BCUT2D eigenvalue weighted by atomic mass is 16.5. The molecule has 0 spiro atoms. The van der Waals surface area contributed by atoms with Gasteiger partial charge in [0.2, 0.25) is 5.91 Å². The standard InChI is InChI=1S/C23H27N3O4/c1-16(2)20(23(29)26-12-14-30-15-13-26)25-22(28)18-10-6-7-11-19(18)24-21(27)17-8-4-3-5-9-17/h3-11,16,20H,12-15H2,1-2H3,(H,24,27)(H,25,28)/t20-/m0/s1. The molecule has 1 aliphatic rings.